The maximum absolute atomic E-state index is 5.51. The summed E-state index contributed by atoms with van der Waals surface area (Å²) in [5.74, 6) is 0. The normalized spacial score (nSPS) is 11.8. The number of hydrogen-bond donors (Lipinski definition) is 1. The van der Waals surface area contributed by atoms with Gasteiger partial charge in [-0.25, -0.2) is 0 Å². The molecule has 2 rings (SSSR count). The molecule has 0 spiro atoms. The highest BCUT2D eigenvalue weighted by Crippen LogP contribution is 2.23. The molecule has 0 saturated heterocycles. The van der Waals surface area contributed by atoms with Crippen molar-refractivity contribution in [2.24, 2.45) is 7.05 Å². The molecule has 0 aliphatic heterocycles. The van der Waals surface area contributed by atoms with Gasteiger partial charge in [0.2, 0.25) is 0 Å². The Balaban J connectivity index is 1.88. The summed E-state index contributed by atoms with van der Waals surface area (Å²) in [5, 5.41) is 4.54. The molecule has 0 radical (unpaired) electrons. The number of hydroxylamine groups is 1. The molecule has 0 atom stereocenters. The van der Waals surface area contributed by atoms with E-state index >= 15 is 0 Å². The van der Waals surface area contributed by atoms with Crippen LogP contribution in [0, 0.1) is 0 Å². The molecular weight excluding hydrogens is 250 g/mol. The second-order valence-electron chi connectivity index (χ2n) is 6.02. The number of nitrogens with one attached hydrogen (secondary N) is 1. The lowest BCUT2D eigenvalue weighted by atomic mass is 9.90. The smallest absolute Gasteiger partial charge is 0.0933 e. The number of hydrogen-bond acceptors (Lipinski definition) is 3. The summed E-state index contributed by atoms with van der Waals surface area (Å²) < 4.78 is 1.86. The molecule has 108 valence electrons. The molecule has 1 N–H and O–H groups in total. The maximum Gasteiger partial charge on any atom is 0.0933 e. The van der Waals surface area contributed by atoms with Gasteiger partial charge in [0.15, 0.2) is 0 Å². The van der Waals surface area contributed by atoms with Crippen LogP contribution < -0.4 is 5.48 Å². The first kappa shape index (κ1) is 14.8. The first-order valence-corrected chi connectivity index (χ1v) is 6.88. The van der Waals surface area contributed by atoms with Gasteiger partial charge in [0.25, 0.3) is 0 Å². The molecule has 1 aromatic carbocycles. The van der Waals surface area contributed by atoms with Crippen LogP contribution in [0.15, 0.2) is 36.5 Å². The standard InChI is InChI=1S/C16H23N3O/c1-16(2,3)15-14(11-19(4)18-15)10-17-20-12-13-8-6-5-7-9-13/h5-9,11,17H,10,12H2,1-4H3. The van der Waals surface area contributed by atoms with Gasteiger partial charge in [-0.2, -0.15) is 10.6 Å². The average molecular weight is 273 g/mol. The lowest BCUT2D eigenvalue weighted by Gasteiger charge is -2.17. The van der Waals surface area contributed by atoms with Gasteiger partial charge in [0.1, 0.15) is 0 Å². The van der Waals surface area contributed by atoms with E-state index in [-0.39, 0.29) is 5.41 Å². The molecule has 0 aliphatic rings. The second kappa shape index (κ2) is 6.20. The van der Waals surface area contributed by atoms with E-state index in [0.29, 0.717) is 13.2 Å². The molecule has 20 heavy (non-hydrogen) atoms. The van der Waals surface area contributed by atoms with E-state index in [4.69, 9.17) is 4.84 Å². The van der Waals surface area contributed by atoms with E-state index in [1.807, 2.05) is 48.3 Å². The lowest BCUT2D eigenvalue weighted by molar-refractivity contribution is 0.0232. The molecule has 2 aromatic rings. The Morgan fingerprint density at radius 1 is 1.20 bits per heavy atom. The van der Waals surface area contributed by atoms with Crippen LogP contribution in [0.1, 0.15) is 37.6 Å². The third-order valence-corrected chi connectivity index (χ3v) is 3.06. The minimum atomic E-state index is 0.0394. The highest BCUT2D eigenvalue weighted by atomic mass is 16.6. The highest BCUT2D eigenvalue weighted by molar-refractivity contribution is 5.23. The van der Waals surface area contributed by atoms with Crippen LogP contribution in [-0.4, -0.2) is 9.78 Å². The molecule has 0 unspecified atom stereocenters. The fourth-order valence-electron chi connectivity index (χ4n) is 2.14. The Morgan fingerprint density at radius 2 is 1.90 bits per heavy atom. The quantitative estimate of drug-likeness (QED) is 0.672. The van der Waals surface area contributed by atoms with Crippen LogP contribution in [0.5, 0.6) is 0 Å². The van der Waals surface area contributed by atoms with E-state index in [9.17, 15) is 0 Å². The zero-order chi connectivity index (χ0) is 14.6. The second-order valence-corrected chi connectivity index (χ2v) is 6.02. The molecule has 4 nitrogen and oxygen atoms in total. The Morgan fingerprint density at radius 3 is 2.55 bits per heavy atom. The minimum absolute atomic E-state index is 0.0394. The van der Waals surface area contributed by atoms with Gasteiger partial charge >= 0.3 is 0 Å². The van der Waals surface area contributed by atoms with Crippen molar-refractivity contribution in [1.82, 2.24) is 15.3 Å². The predicted octanol–water partition coefficient (Wildman–Crippen LogP) is 2.94. The van der Waals surface area contributed by atoms with Crippen molar-refractivity contribution in [2.45, 2.75) is 39.3 Å². The third kappa shape index (κ3) is 3.92. The fraction of sp³-hybridized carbons (Fsp3) is 0.438. The lowest BCUT2D eigenvalue weighted by Crippen LogP contribution is -2.19. The number of benzene rings is 1. The van der Waals surface area contributed by atoms with Crippen molar-refractivity contribution in [1.29, 1.82) is 0 Å². The van der Waals surface area contributed by atoms with Crippen molar-refractivity contribution in [2.75, 3.05) is 0 Å². The Hall–Kier alpha value is -1.65. The van der Waals surface area contributed by atoms with Crippen molar-refractivity contribution < 1.29 is 4.84 Å². The van der Waals surface area contributed by atoms with Gasteiger partial charge in [-0.05, 0) is 5.56 Å². The van der Waals surface area contributed by atoms with Gasteiger partial charge in [0.05, 0.1) is 12.3 Å². The van der Waals surface area contributed by atoms with Gasteiger partial charge < -0.3 is 0 Å². The summed E-state index contributed by atoms with van der Waals surface area (Å²) in [4.78, 5) is 5.51. The van der Waals surface area contributed by atoms with Gasteiger partial charge in [-0.3, -0.25) is 9.52 Å². The van der Waals surface area contributed by atoms with Gasteiger partial charge in [-0.15, -0.1) is 0 Å². The summed E-state index contributed by atoms with van der Waals surface area (Å²) >= 11 is 0. The zero-order valence-corrected chi connectivity index (χ0v) is 12.7. The molecule has 0 fully saturated rings. The number of aryl methyl sites for hydroxylation is 1. The number of aromatic nitrogens is 2. The first-order chi connectivity index (χ1) is 9.47. The van der Waals surface area contributed by atoms with Crippen molar-refractivity contribution in [3.05, 3.63) is 53.3 Å². The number of rotatable bonds is 5. The topological polar surface area (TPSA) is 39.1 Å². The van der Waals surface area contributed by atoms with Gasteiger partial charge in [-0.1, -0.05) is 51.1 Å². The van der Waals surface area contributed by atoms with Crippen LogP contribution >= 0.6 is 0 Å². The molecule has 4 heteroatoms. The molecular formula is C16H23N3O. The Bertz CT molecular complexity index is 541. The van der Waals surface area contributed by atoms with Crippen LogP contribution in [0.4, 0.5) is 0 Å². The van der Waals surface area contributed by atoms with Crippen LogP contribution in [-0.2, 0) is 30.5 Å². The third-order valence-electron chi connectivity index (χ3n) is 3.06. The maximum atomic E-state index is 5.51. The van der Waals surface area contributed by atoms with E-state index < -0.39 is 0 Å². The minimum Gasteiger partial charge on any atom is -0.297 e. The molecule has 0 amide bonds. The van der Waals surface area contributed by atoms with Crippen LogP contribution in [0.25, 0.3) is 0 Å². The largest absolute Gasteiger partial charge is 0.297 e. The van der Waals surface area contributed by atoms with Crippen LogP contribution in [0.3, 0.4) is 0 Å². The monoisotopic (exact) mass is 273 g/mol. The summed E-state index contributed by atoms with van der Waals surface area (Å²) in [5.41, 5.74) is 6.50. The summed E-state index contributed by atoms with van der Waals surface area (Å²) in [7, 11) is 1.95. The summed E-state index contributed by atoms with van der Waals surface area (Å²) in [6.45, 7) is 7.73. The molecule has 1 aromatic heterocycles. The summed E-state index contributed by atoms with van der Waals surface area (Å²) in [6, 6.07) is 10.1. The SMILES string of the molecule is Cn1cc(CNOCc2ccccc2)c(C(C)(C)C)n1. The van der Waals surface area contributed by atoms with E-state index in [2.05, 4.69) is 31.3 Å². The Labute approximate surface area is 120 Å². The molecule has 0 saturated carbocycles. The molecule has 1 heterocycles. The van der Waals surface area contributed by atoms with Gasteiger partial charge in [0, 0.05) is 30.8 Å². The van der Waals surface area contributed by atoms with Crippen molar-refractivity contribution in [3.63, 3.8) is 0 Å². The summed E-state index contributed by atoms with van der Waals surface area (Å²) in [6.07, 6.45) is 2.04. The van der Waals surface area contributed by atoms with E-state index in [1.54, 1.807) is 0 Å². The average Bonchev–Trinajstić information content (AvgIpc) is 2.77. The molecule has 0 aliphatic carbocycles. The van der Waals surface area contributed by atoms with Crippen molar-refractivity contribution >= 4 is 0 Å². The zero-order valence-electron chi connectivity index (χ0n) is 12.7. The van der Waals surface area contributed by atoms with E-state index in [1.165, 1.54) is 5.56 Å². The number of nitrogens with zero attached hydrogens (tertiary/aromatic N) is 2. The first-order valence-electron chi connectivity index (χ1n) is 6.88. The van der Waals surface area contributed by atoms with Crippen LogP contribution in [0.2, 0.25) is 0 Å². The molecule has 0 bridgehead atoms. The predicted molar refractivity (Wildman–Crippen MR) is 80.0 cm³/mol. The fourth-order valence-corrected chi connectivity index (χ4v) is 2.14. The highest BCUT2D eigenvalue weighted by Gasteiger charge is 2.21. The van der Waals surface area contributed by atoms with Crippen molar-refractivity contribution in [3.8, 4) is 0 Å². The Kier molecular flexibility index (Phi) is 4.57. The van der Waals surface area contributed by atoms with E-state index in [0.717, 1.165) is 11.3 Å².